The molecule has 20 heavy (non-hydrogen) atoms. The number of likely N-dealkylation sites (tertiary alicyclic amines) is 1. The summed E-state index contributed by atoms with van der Waals surface area (Å²) in [6.07, 6.45) is 5.14. The normalized spacial score (nSPS) is 16.0. The first kappa shape index (κ1) is 14.9. The number of phenolic OH excluding ortho intramolecular Hbond substituents is 1. The molecule has 0 saturated carbocycles. The van der Waals surface area contributed by atoms with E-state index in [0.717, 1.165) is 25.1 Å². The van der Waals surface area contributed by atoms with Crippen molar-refractivity contribution in [3.05, 3.63) is 29.8 Å². The molecule has 1 aromatic rings. The molecule has 2 rings (SSSR count). The molecule has 1 saturated heterocycles. The van der Waals surface area contributed by atoms with Crippen LogP contribution in [0, 0.1) is 0 Å². The van der Waals surface area contributed by atoms with E-state index in [9.17, 15) is 9.90 Å². The largest absolute Gasteiger partial charge is 0.508 e. The van der Waals surface area contributed by atoms with Crippen molar-refractivity contribution in [2.24, 2.45) is 0 Å². The minimum atomic E-state index is 0.107. The molecule has 0 bridgehead atoms. The summed E-state index contributed by atoms with van der Waals surface area (Å²) in [6, 6.07) is 7.03. The molecule has 0 spiro atoms. The van der Waals surface area contributed by atoms with E-state index < -0.39 is 0 Å². The molecule has 0 aromatic heterocycles. The summed E-state index contributed by atoms with van der Waals surface area (Å²) in [4.78, 5) is 14.2. The van der Waals surface area contributed by atoms with E-state index in [0.29, 0.717) is 6.42 Å². The molecule has 4 heteroatoms. The highest BCUT2D eigenvalue weighted by Crippen LogP contribution is 2.11. The maximum absolute atomic E-state index is 11.7. The molecule has 0 unspecified atom stereocenters. The summed E-state index contributed by atoms with van der Waals surface area (Å²) in [6.45, 7) is 4.05. The number of aromatic hydroxyl groups is 1. The Balaban J connectivity index is 1.59. The Kier molecular flexibility index (Phi) is 5.87. The number of rotatable bonds is 6. The number of hydrogen-bond donors (Lipinski definition) is 2. The van der Waals surface area contributed by atoms with Crippen LogP contribution in [0.1, 0.15) is 31.2 Å². The van der Waals surface area contributed by atoms with Gasteiger partial charge in [0, 0.05) is 19.5 Å². The Morgan fingerprint density at radius 3 is 2.55 bits per heavy atom. The lowest BCUT2D eigenvalue weighted by molar-refractivity contribution is -0.121. The van der Waals surface area contributed by atoms with Gasteiger partial charge in [-0.1, -0.05) is 18.6 Å². The minimum Gasteiger partial charge on any atom is -0.508 e. The predicted octanol–water partition coefficient (Wildman–Crippen LogP) is 1.93. The van der Waals surface area contributed by atoms with Crippen LogP contribution in [0.2, 0.25) is 0 Å². The molecule has 0 radical (unpaired) electrons. The van der Waals surface area contributed by atoms with Crippen molar-refractivity contribution in [2.45, 2.75) is 32.1 Å². The molecular formula is C16H24N2O2. The second-order valence-electron chi connectivity index (χ2n) is 5.42. The van der Waals surface area contributed by atoms with E-state index in [4.69, 9.17) is 0 Å². The second-order valence-corrected chi connectivity index (χ2v) is 5.42. The topological polar surface area (TPSA) is 52.6 Å². The standard InChI is InChI=1S/C16H24N2O2/c19-15-7-4-14(5-8-15)6-9-16(20)17-10-13-18-11-2-1-3-12-18/h4-5,7-8,19H,1-3,6,9-13H2,(H,17,20). The SMILES string of the molecule is O=C(CCc1ccc(O)cc1)NCCN1CCCCC1. The molecule has 1 heterocycles. The van der Waals surface area contributed by atoms with Crippen molar-refractivity contribution < 1.29 is 9.90 Å². The van der Waals surface area contributed by atoms with Gasteiger partial charge in [0.15, 0.2) is 0 Å². The number of benzene rings is 1. The zero-order chi connectivity index (χ0) is 14.2. The lowest BCUT2D eigenvalue weighted by atomic mass is 10.1. The monoisotopic (exact) mass is 276 g/mol. The minimum absolute atomic E-state index is 0.107. The highest BCUT2D eigenvalue weighted by molar-refractivity contribution is 5.76. The Labute approximate surface area is 120 Å². The first-order valence-electron chi connectivity index (χ1n) is 7.51. The van der Waals surface area contributed by atoms with E-state index in [-0.39, 0.29) is 11.7 Å². The maximum Gasteiger partial charge on any atom is 0.220 e. The zero-order valence-electron chi connectivity index (χ0n) is 12.0. The quantitative estimate of drug-likeness (QED) is 0.834. The van der Waals surface area contributed by atoms with E-state index in [1.54, 1.807) is 12.1 Å². The van der Waals surface area contributed by atoms with E-state index in [1.165, 1.54) is 32.4 Å². The number of nitrogens with one attached hydrogen (secondary N) is 1. The molecule has 1 amide bonds. The Bertz CT molecular complexity index is 411. The van der Waals surface area contributed by atoms with Gasteiger partial charge >= 0.3 is 0 Å². The van der Waals surface area contributed by atoms with Crippen molar-refractivity contribution >= 4 is 5.91 Å². The summed E-state index contributed by atoms with van der Waals surface area (Å²) in [5, 5.41) is 12.2. The summed E-state index contributed by atoms with van der Waals surface area (Å²) in [5.74, 6) is 0.370. The number of aryl methyl sites for hydroxylation is 1. The molecule has 0 atom stereocenters. The van der Waals surface area contributed by atoms with Crippen LogP contribution in [-0.4, -0.2) is 42.1 Å². The van der Waals surface area contributed by atoms with Gasteiger partial charge in [-0.15, -0.1) is 0 Å². The van der Waals surface area contributed by atoms with Crippen LogP contribution in [0.5, 0.6) is 5.75 Å². The number of amides is 1. The zero-order valence-corrected chi connectivity index (χ0v) is 12.0. The Morgan fingerprint density at radius 2 is 1.85 bits per heavy atom. The van der Waals surface area contributed by atoms with Gasteiger partial charge in [-0.2, -0.15) is 0 Å². The molecule has 1 fully saturated rings. The number of carbonyl (C=O) groups is 1. The van der Waals surface area contributed by atoms with Crippen LogP contribution >= 0.6 is 0 Å². The molecule has 1 aliphatic rings. The van der Waals surface area contributed by atoms with Crippen molar-refractivity contribution in [3.63, 3.8) is 0 Å². The van der Waals surface area contributed by atoms with Crippen LogP contribution in [0.15, 0.2) is 24.3 Å². The maximum atomic E-state index is 11.7. The lowest BCUT2D eigenvalue weighted by Gasteiger charge is -2.26. The van der Waals surface area contributed by atoms with E-state index >= 15 is 0 Å². The van der Waals surface area contributed by atoms with Crippen LogP contribution < -0.4 is 5.32 Å². The fraction of sp³-hybridized carbons (Fsp3) is 0.562. The number of piperidine rings is 1. The summed E-state index contributed by atoms with van der Waals surface area (Å²) >= 11 is 0. The van der Waals surface area contributed by atoms with Crippen molar-refractivity contribution in [1.29, 1.82) is 0 Å². The number of nitrogens with zero attached hydrogens (tertiary/aromatic N) is 1. The summed E-state index contributed by atoms with van der Waals surface area (Å²) in [7, 11) is 0. The third kappa shape index (κ3) is 5.21. The number of hydrogen-bond acceptors (Lipinski definition) is 3. The average Bonchev–Trinajstić information content (AvgIpc) is 2.48. The van der Waals surface area contributed by atoms with Crippen LogP contribution in [0.4, 0.5) is 0 Å². The third-order valence-electron chi connectivity index (χ3n) is 3.78. The van der Waals surface area contributed by atoms with Crippen LogP contribution in [0.25, 0.3) is 0 Å². The second kappa shape index (κ2) is 7.90. The van der Waals surface area contributed by atoms with E-state index in [1.807, 2.05) is 12.1 Å². The highest BCUT2D eigenvalue weighted by Gasteiger charge is 2.09. The smallest absolute Gasteiger partial charge is 0.220 e. The fourth-order valence-corrected chi connectivity index (χ4v) is 2.55. The van der Waals surface area contributed by atoms with Crippen LogP contribution in [0.3, 0.4) is 0 Å². The van der Waals surface area contributed by atoms with Crippen molar-refractivity contribution in [1.82, 2.24) is 10.2 Å². The van der Waals surface area contributed by atoms with Gasteiger partial charge < -0.3 is 15.3 Å². The molecule has 0 aliphatic carbocycles. The molecule has 1 aromatic carbocycles. The molecular weight excluding hydrogens is 252 g/mol. The first-order chi connectivity index (χ1) is 9.74. The van der Waals surface area contributed by atoms with E-state index in [2.05, 4.69) is 10.2 Å². The Hall–Kier alpha value is -1.55. The van der Waals surface area contributed by atoms with Gasteiger partial charge in [0.05, 0.1) is 0 Å². The van der Waals surface area contributed by atoms with Gasteiger partial charge in [-0.05, 0) is 50.0 Å². The molecule has 4 nitrogen and oxygen atoms in total. The first-order valence-corrected chi connectivity index (χ1v) is 7.51. The van der Waals surface area contributed by atoms with Gasteiger partial charge in [0.2, 0.25) is 5.91 Å². The van der Waals surface area contributed by atoms with Gasteiger partial charge in [-0.25, -0.2) is 0 Å². The predicted molar refractivity (Wildman–Crippen MR) is 79.7 cm³/mol. The van der Waals surface area contributed by atoms with Gasteiger partial charge in [0.1, 0.15) is 5.75 Å². The molecule has 110 valence electrons. The van der Waals surface area contributed by atoms with Crippen LogP contribution in [-0.2, 0) is 11.2 Å². The molecule has 1 aliphatic heterocycles. The van der Waals surface area contributed by atoms with Gasteiger partial charge in [0.25, 0.3) is 0 Å². The van der Waals surface area contributed by atoms with Gasteiger partial charge in [-0.3, -0.25) is 4.79 Å². The highest BCUT2D eigenvalue weighted by atomic mass is 16.3. The molecule has 2 N–H and O–H groups in total. The lowest BCUT2D eigenvalue weighted by Crippen LogP contribution is -2.37. The fourth-order valence-electron chi connectivity index (χ4n) is 2.55. The average molecular weight is 276 g/mol. The summed E-state index contributed by atoms with van der Waals surface area (Å²) < 4.78 is 0. The van der Waals surface area contributed by atoms with Crippen molar-refractivity contribution in [3.8, 4) is 5.75 Å². The number of phenols is 1. The summed E-state index contributed by atoms with van der Waals surface area (Å²) in [5.41, 5.74) is 1.08. The van der Waals surface area contributed by atoms with Crippen molar-refractivity contribution in [2.75, 3.05) is 26.2 Å². The number of carbonyl (C=O) groups excluding carboxylic acids is 1. The third-order valence-corrected chi connectivity index (χ3v) is 3.78. The Morgan fingerprint density at radius 1 is 1.15 bits per heavy atom.